The minimum absolute atomic E-state index is 0. The zero-order chi connectivity index (χ0) is 21.6. The van der Waals surface area contributed by atoms with Gasteiger partial charge in [-0.05, 0) is 76.4 Å². The molecule has 0 aliphatic rings. The van der Waals surface area contributed by atoms with Crippen molar-refractivity contribution >= 4 is 23.0 Å². The van der Waals surface area contributed by atoms with Gasteiger partial charge in [0.25, 0.3) is 5.91 Å². The first-order chi connectivity index (χ1) is 13.8. The van der Waals surface area contributed by atoms with E-state index in [1.165, 1.54) is 6.20 Å². The van der Waals surface area contributed by atoms with Crippen LogP contribution in [0.25, 0.3) is 0 Å². The molecule has 30 heavy (non-hydrogen) atoms. The van der Waals surface area contributed by atoms with Crippen LogP contribution in [0, 0.1) is 39.0 Å². The number of benzene rings is 2. The number of nitriles is 1. The van der Waals surface area contributed by atoms with Crippen LogP contribution in [-0.4, -0.2) is 19.0 Å². The summed E-state index contributed by atoms with van der Waals surface area (Å²) in [6.45, 7) is 14.1. The SMILES string of the molecule is CCN(CC)c1ccc(N/C=C(/C#N)C(=O)Nc2c(C)cc(C)cc2C)c(C)c1.[Cl-]. The van der Waals surface area contributed by atoms with Crippen LogP contribution in [0.3, 0.4) is 0 Å². The Balaban J connectivity index is 0.00000450. The molecule has 0 saturated heterocycles. The molecule has 0 aliphatic heterocycles. The number of halogens is 1. The normalized spacial score (nSPS) is 10.6. The van der Waals surface area contributed by atoms with Gasteiger partial charge < -0.3 is 27.9 Å². The van der Waals surface area contributed by atoms with Crippen molar-refractivity contribution < 1.29 is 17.2 Å². The van der Waals surface area contributed by atoms with Gasteiger partial charge in [0.05, 0.1) is 0 Å². The van der Waals surface area contributed by atoms with Crippen molar-refractivity contribution in [3.8, 4) is 6.07 Å². The molecule has 0 bridgehead atoms. The van der Waals surface area contributed by atoms with E-state index in [4.69, 9.17) is 0 Å². The van der Waals surface area contributed by atoms with E-state index < -0.39 is 5.91 Å². The second-order valence-corrected chi connectivity index (χ2v) is 7.21. The van der Waals surface area contributed by atoms with Crippen molar-refractivity contribution in [1.82, 2.24) is 0 Å². The fraction of sp³-hybridized carbons (Fsp3) is 0.333. The highest BCUT2D eigenvalue weighted by molar-refractivity contribution is 6.07. The maximum Gasteiger partial charge on any atom is 0.267 e. The maximum atomic E-state index is 12.6. The molecular weight excluding hydrogens is 396 g/mol. The summed E-state index contributed by atoms with van der Waals surface area (Å²) in [5.74, 6) is -0.424. The number of nitrogens with zero attached hydrogens (tertiary/aromatic N) is 2. The lowest BCUT2D eigenvalue weighted by Gasteiger charge is -2.22. The summed E-state index contributed by atoms with van der Waals surface area (Å²) in [7, 11) is 0. The van der Waals surface area contributed by atoms with E-state index in [1.54, 1.807) is 0 Å². The Kier molecular flexibility index (Phi) is 9.42. The molecule has 160 valence electrons. The fourth-order valence-corrected chi connectivity index (χ4v) is 3.45. The molecule has 2 rings (SSSR count). The molecule has 0 atom stereocenters. The summed E-state index contributed by atoms with van der Waals surface area (Å²) in [5, 5.41) is 15.4. The standard InChI is InChI=1S/C24H30N4O.ClH/c1-7-28(8-2)21-9-10-22(17(4)13-21)26-15-20(14-25)24(29)27-23-18(5)11-16(3)12-19(23)6;/h9-13,15,26H,7-8H2,1-6H3,(H,27,29);1H/p-1/b20-15-;. The number of carbonyl (C=O) groups excluding carboxylic acids is 1. The molecule has 2 aromatic rings. The molecular formula is C24H30ClN4O-. The number of nitrogens with one attached hydrogen (secondary N) is 2. The average molecular weight is 426 g/mol. The van der Waals surface area contributed by atoms with Gasteiger partial charge in [-0.15, -0.1) is 0 Å². The zero-order valence-electron chi connectivity index (χ0n) is 18.6. The zero-order valence-corrected chi connectivity index (χ0v) is 19.3. The quantitative estimate of drug-likeness (QED) is 0.527. The predicted molar refractivity (Wildman–Crippen MR) is 121 cm³/mol. The van der Waals surface area contributed by atoms with Crippen molar-refractivity contribution in [3.63, 3.8) is 0 Å². The van der Waals surface area contributed by atoms with Crippen LogP contribution in [0.15, 0.2) is 42.1 Å². The molecule has 0 spiro atoms. The second-order valence-electron chi connectivity index (χ2n) is 7.21. The summed E-state index contributed by atoms with van der Waals surface area (Å²) in [5.41, 5.74) is 6.94. The van der Waals surface area contributed by atoms with E-state index in [0.717, 1.165) is 52.4 Å². The molecule has 0 unspecified atom stereocenters. The number of anilines is 3. The monoisotopic (exact) mass is 425 g/mol. The largest absolute Gasteiger partial charge is 1.00 e. The highest BCUT2D eigenvalue weighted by Crippen LogP contribution is 2.24. The van der Waals surface area contributed by atoms with Gasteiger partial charge in [-0.25, -0.2) is 0 Å². The smallest absolute Gasteiger partial charge is 0.267 e. The molecule has 0 radical (unpaired) electrons. The molecule has 2 N–H and O–H groups in total. The average Bonchev–Trinajstić information content (AvgIpc) is 2.67. The van der Waals surface area contributed by atoms with Crippen molar-refractivity contribution in [2.24, 2.45) is 0 Å². The summed E-state index contributed by atoms with van der Waals surface area (Å²) in [6, 6.07) is 12.1. The van der Waals surface area contributed by atoms with Crippen LogP contribution in [0.2, 0.25) is 0 Å². The van der Waals surface area contributed by atoms with Crippen LogP contribution in [0.5, 0.6) is 0 Å². The Morgan fingerprint density at radius 3 is 2.13 bits per heavy atom. The van der Waals surface area contributed by atoms with Crippen LogP contribution in [-0.2, 0) is 4.79 Å². The summed E-state index contributed by atoms with van der Waals surface area (Å²) >= 11 is 0. The first-order valence-electron chi connectivity index (χ1n) is 9.92. The molecule has 6 heteroatoms. The van der Waals surface area contributed by atoms with Gasteiger partial charge in [-0.1, -0.05) is 17.7 Å². The second kappa shape index (κ2) is 11.3. The van der Waals surface area contributed by atoms with Crippen LogP contribution in [0.4, 0.5) is 17.1 Å². The van der Waals surface area contributed by atoms with E-state index in [2.05, 4.69) is 35.4 Å². The van der Waals surface area contributed by atoms with Gasteiger partial charge in [0, 0.05) is 36.4 Å². The molecule has 0 aliphatic carbocycles. The fourth-order valence-electron chi connectivity index (χ4n) is 3.45. The first-order valence-corrected chi connectivity index (χ1v) is 9.92. The topological polar surface area (TPSA) is 68.2 Å². The van der Waals surface area contributed by atoms with Gasteiger partial charge >= 0.3 is 0 Å². The lowest BCUT2D eigenvalue weighted by atomic mass is 10.0. The van der Waals surface area contributed by atoms with E-state index >= 15 is 0 Å². The third-order valence-electron chi connectivity index (χ3n) is 4.99. The minimum atomic E-state index is -0.424. The third kappa shape index (κ3) is 6.01. The maximum absolute atomic E-state index is 12.6. The number of hydrogen-bond acceptors (Lipinski definition) is 4. The third-order valence-corrected chi connectivity index (χ3v) is 4.99. The Morgan fingerprint density at radius 1 is 1.03 bits per heavy atom. The van der Waals surface area contributed by atoms with E-state index in [1.807, 2.05) is 58.0 Å². The molecule has 0 aromatic heterocycles. The predicted octanol–water partition coefficient (Wildman–Crippen LogP) is 2.23. The molecule has 5 nitrogen and oxygen atoms in total. The lowest BCUT2D eigenvalue weighted by molar-refractivity contribution is -0.112. The minimum Gasteiger partial charge on any atom is -1.00 e. The number of aryl methyl sites for hydroxylation is 4. The highest BCUT2D eigenvalue weighted by atomic mass is 35.5. The first kappa shape index (κ1) is 25.1. The van der Waals surface area contributed by atoms with Crippen molar-refractivity contribution in [3.05, 3.63) is 64.4 Å². The van der Waals surface area contributed by atoms with Crippen molar-refractivity contribution in [2.45, 2.75) is 41.5 Å². The summed E-state index contributed by atoms with van der Waals surface area (Å²) in [4.78, 5) is 14.9. The molecule has 0 heterocycles. The van der Waals surface area contributed by atoms with Gasteiger partial charge in [0.1, 0.15) is 11.6 Å². The Bertz CT molecular complexity index is 949. The molecule has 0 fully saturated rings. The lowest BCUT2D eigenvalue weighted by Crippen LogP contribution is -3.00. The van der Waals surface area contributed by atoms with Gasteiger partial charge in [-0.3, -0.25) is 4.79 Å². The number of rotatable bonds is 7. The number of carbonyl (C=O) groups is 1. The van der Waals surface area contributed by atoms with Gasteiger partial charge in [0.2, 0.25) is 0 Å². The molecule has 2 aromatic carbocycles. The number of amides is 1. The summed E-state index contributed by atoms with van der Waals surface area (Å²) < 4.78 is 0. The van der Waals surface area contributed by atoms with E-state index in [9.17, 15) is 10.1 Å². The summed E-state index contributed by atoms with van der Waals surface area (Å²) in [6.07, 6.45) is 1.47. The Hall–Kier alpha value is -2.97. The Morgan fingerprint density at radius 2 is 1.63 bits per heavy atom. The van der Waals surface area contributed by atoms with Crippen LogP contribution in [0.1, 0.15) is 36.1 Å². The number of hydrogen-bond donors (Lipinski definition) is 2. The van der Waals surface area contributed by atoms with Crippen LogP contribution >= 0.6 is 0 Å². The van der Waals surface area contributed by atoms with Crippen molar-refractivity contribution in [1.29, 1.82) is 5.26 Å². The highest BCUT2D eigenvalue weighted by Gasteiger charge is 2.13. The molecule has 1 amide bonds. The Labute approximate surface area is 186 Å². The van der Waals surface area contributed by atoms with Crippen LogP contribution < -0.4 is 27.9 Å². The van der Waals surface area contributed by atoms with Gasteiger partial charge in [-0.2, -0.15) is 5.26 Å². The molecule has 0 saturated carbocycles. The van der Waals surface area contributed by atoms with Gasteiger partial charge in [0.15, 0.2) is 0 Å². The van der Waals surface area contributed by atoms with Crippen molar-refractivity contribution in [2.75, 3.05) is 28.6 Å². The van der Waals surface area contributed by atoms with E-state index in [0.29, 0.717) is 0 Å². The van der Waals surface area contributed by atoms with E-state index in [-0.39, 0.29) is 18.0 Å².